The van der Waals surface area contributed by atoms with Gasteiger partial charge in [-0.15, -0.1) is 0 Å². The first kappa shape index (κ1) is 15.0. The van der Waals surface area contributed by atoms with Gasteiger partial charge in [-0.05, 0) is 25.5 Å². The molecule has 0 aliphatic carbocycles. The molecule has 0 amide bonds. The molecule has 1 unspecified atom stereocenters. The Labute approximate surface area is 129 Å². The summed E-state index contributed by atoms with van der Waals surface area (Å²) in [6.45, 7) is 2.90. The minimum Gasteiger partial charge on any atom is -0.307 e. The Kier molecular flexibility index (Phi) is 4.06. The fourth-order valence-electron chi connectivity index (χ4n) is 3.00. The van der Waals surface area contributed by atoms with Gasteiger partial charge in [-0.2, -0.15) is 4.31 Å². The van der Waals surface area contributed by atoms with E-state index in [9.17, 15) is 8.42 Å². The van der Waals surface area contributed by atoms with Gasteiger partial charge in [0, 0.05) is 31.9 Å². The predicted octanol–water partition coefficient (Wildman–Crippen LogP) is 0.489. The second-order valence-electron chi connectivity index (χ2n) is 5.34. The summed E-state index contributed by atoms with van der Waals surface area (Å²) >= 11 is 5.97. The zero-order chi connectivity index (χ0) is 15.0. The van der Waals surface area contributed by atoms with Crippen molar-refractivity contribution in [3.8, 4) is 0 Å². The number of hydrogen-bond donors (Lipinski definition) is 2. The average molecular weight is 332 g/mol. The molecule has 21 heavy (non-hydrogen) atoms. The van der Waals surface area contributed by atoms with Crippen LogP contribution in [0.1, 0.15) is 12.8 Å². The summed E-state index contributed by atoms with van der Waals surface area (Å²) in [4.78, 5) is 6.41. The van der Waals surface area contributed by atoms with E-state index in [-0.39, 0.29) is 15.7 Å². The van der Waals surface area contributed by atoms with Crippen LogP contribution in [0.15, 0.2) is 17.2 Å². The van der Waals surface area contributed by atoms with Crippen molar-refractivity contribution in [1.82, 2.24) is 14.2 Å². The third kappa shape index (κ3) is 2.74. The SMILES string of the molecule is NNc1ncc(S(=O)(=O)N2CCN3CCCC3C2)cc1Cl. The zero-order valence-corrected chi connectivity index (χ0v) is 13.1. The molecule has 1 atom stereocenters. The van der Waals surface area contributed by atoms with Gasteiger partial charge < -0.3 is 5.43 Å². The second-order valence-corrected chi connectivity index (χ2v) is 7.69. The van der Waals surface area contributed by atoms with Gasteiger partial charge in [0.15, 0.2) is 5.82 Å². The fraction of sp³-hybridized carbons (Fsp3) is 0.583. The highest BCUT2D eigenvalue weighted by Crippen LogP contribution is 2.28. The van der Waals surface area contributed by atoms with Crippen molar-refractivity contribution in [3.63, 3.8) is 0 Å². The topological polar surface area (TPSA) is 91.6 Å². The molecule has 2 aliphatic heterocycles. The number of nitrogens with zero attached hydrogens (tertiary/aromatic N) is 3. The molecule has 1 aromatic rings. The van der Waals surface area contributed by atoms with Gasteiger partial charge in [-0.25, -0.2) is 19.2 Å². The summed E-state index contributed by atoms with van der Waals surface area (Å²) in [6.07, 6.45) is 3.49. The van der Waals surface area contributed by atoms with Crippen molar-refractivity contribution in [2.75, 3.05) is 31.6 Å². The molecule has 2 aliphatic rings. The quantitative estimate of drug-likeness (QED) is 0.618. The maximum atomic E-state index is 12.7. The number of halogens is 1. The monoisotopic (exact) mass is 331 g/mol. The number of rotatable bonds is 3. The Bertz CT molecular complexity index is 639. The minimum absolute atomic E-state index is 0.109. The summed E-state index contributed by atoms with van der Waals surface area (Å²) in [5, 5.41) is 0.193. The first-order chi connectivity index (χ1) is 10.0. The van der Waals surface area contributed by atoms with E-state index >= 15 is 0 Å². The van der Waals surface area contributed by atoms with E-state index in [1.54, 1.807) is 0 Å². The van der Waals surface area contributed by atoms with Gasteiger partial charge in [-0.1, -0.05) is 11.6 Å². The van der Waals surface area contributed by atoms with Gasteiger partial charge in [0.05, 0.1) is 5.02 Å². The molecule has 2 saturated heterocycles. The van der Waals surface area contributed by atoms with Crippen LogP contribution in [0.4, 0.5) is 5.82 Å². The van der Waals surface area contributed by atoms with Crippen LogP contribution >= 0.6 is 11.6 Å². The highest BCUT2D eigenvalue weighted by Gasteiger charge is 2.36. The van der Waals surface area contributed by atoms with Gasteiger partial charge in [0.1, 0.15) is 4.90 Å². The first-order valence-electron chi connectivity index (χ1n) is 6.89. The smallest absolute Gasteiger partial charge is 0.244 e. The van der Waals surface area contributed by atoms with Crippen LogP contribution in [0.25, 0.3) is 0 Å². The van der Waals surface area contributed by atoms with Crippen LogP contribution in [0.3, 0.4) is 0 Å². The van der Waals surface area contributed by atoms with Crippen LogP contribution in [-0.4, -0.2) is 54.8 Å². The largest absolute Gasteiger partial charge is 0.307 e. The Hall–Kier alpha value is -0.930. The Morgan fingerprint density at radius 1 is 1.38 bits per heavy atom. The number of nitrogen functional groups attached to an aromatic ring is 1. The number of fused-ring (bicyclic) bond motifs is 1. The number of piperazine rings is 1. The van der Waals surface area contributed by atoms with E-state index < -0.39 is 10.0 Å². The molecule has 0 aromatic carbocycles. The lowest BCUT2D eigenvalue weighted by Gasteiger charge is -2.36. The van der Waals surface area contributed by atoms with E-state index in [0.29, 0.717) is 19.1 Å². The molecule has 7 nitrogen and oxygen atoms in total. The number of hydrazine groups is 1. The van der Waals surface area contributed by atoms with Gasteiger partial charge in [0.25, 0.3) is 0 Å². The number of pyridine rings is 1. The first-order valence-corrected chi connectivity index (χ1v) is 8.70. The molecule has 0 spiro atoms. The zero-order valence-electron chi connectivity index (χ0n) is 11.5. The van der Waals surface area contributed by atoms with Crippen LogP contribution in [0, 0.1) is 0 Å². The Morgan fingerprint density at radius 2 is 2.19 bits per heavy atom. The van der Waals surface area contributed by atoms with Gasteiger partial charge in [0.2, 0.25) is 10.0 Å². The predicted molar refractivity (Wildman–Crippen MR) is 80.4 cm³/mol. The van der Waals surface area contributed by atoms with E-state index in [4.69, 9.17) is 17.4 Å². The van der Waals surface area contributed by atoms with Gasteiger partial charge in [-0.3, -0.25) is 4.90 Å². The molecular weight excluding hydrogens is 314 g/mol. The van der Waals surface area contributed by atoms with Crippen molar-refractivity contribution in [3.05, 3.63) is 17.3 Å². The molecule has 2 fully saturated rings. The molecule has 0 radical (unpaired) electrons. The van der Waals surface area contributed by atoms with Crippen LogP contribution in [0.5, 0.6) is 0 Å². The van der Waals surface area contributed by atoms with Crippen LogP contribution in [0.2, 0.25) is 5.02 Å². The summed E-state index contributed by atoms with van der Waals surface area (Å²) in [6, 6.07) is 1.72. The third-order valence-electron chi connectivity index (χ3n) is 4.14. The number of nitrogens with two attached hydrogens (primary N) is 1. The van der Waals surface area contributed by atoms with E-state index in [1.807, 2.05) is 0 Å². The van der Waals surface area contributed by atoms with E-state index in [0.717, 1.165) is 25.9 Å². The lowest BCUT2D eigenvalue weighted by Crippen LogP contribution is -2.51. The Balaban J connectivity index is 1.85. The molecule has 116 valence electrons. The van der Waals surface area contributed by atoms with E-state index in [1.165, 1.54) is 16.6 Å². The van der Waals surface area contributed by atoms with Crippen molar-refractivity contribution in [2.45, 2.75) is 23.8 Å². The summed E-state index contributed by atoms with van der Waals surface area (Å²) < 4.78 is 26.9. The molecule has 1 aromatic heterocycles. The van der Waals surface area contributed by atoms with Gasteiger partial charge >= 0.3 is 0 Å². The maximum absolute atomic E-state index is 12.7. The molecular formula is C12H18ClN5O2S. The Morgan fingerprint density at radius 3 is 2.90 bits per heavy atom. The molecule has 9 heteroatoms. The molecule has 0 saturated carbocycles. The molecule has 3 N–H and O–H groups in total. The lowest BCUT2D eigenvalue weighted by atomic mass is 10.2. The molecule has 3 rings (SSSR count). The molecule has 0 bridgehead atoms. The second kappa shape index (κ2) is 5.69. The summed E-state index contributed by atoms with van der Waals surface area (Å²) in [5.74, 6) is 5.51. The number of aromatic nitrogens is 1. The fourth-order valence-corrected chi connectivity index (χ4v) is 4.72. The third-order valence-corrected chi connectivity index (χ3v) is 6.26. The van der Waals surface area contributed by atoms with E-state index in [2.05, 4.69) is 15.3 Å². The number of nitrogens with one attached hydrogen (secondary N) is 1. The number of sulfonamides is 1. The summed E-state index contributed by atoms with van der Waals surface area (Å²) in [7, 11) is -3.56. The van der Waals surface area contributed by atoms with Crippen molar-refractivity contribution < 1.29 is 8.42 Å². The number of hydrogen-bond acceptors (Lipinski definition) is 6. The minimum atomic E-state index is -3.56. The number of anilines is 1. The lowest BCUT2D eigenvalue weighted by molar-refractivity contribution is 0.158. The normalized spacial score (nSPS) is 24.0. The molecule has 3 heterocycles. The van der Waals surface area contributed by atoms with Crippen LogP contribution in [-0.2, 0) is 10.0 Å². The highest BCUT2D eigenvalue weighted by molar-refractivity contribution is 7.89. The van der Waals surface area contributed by atoms with Crippen LogP contribution < -0.4 is 11.3 Å². The standard InChI is InChI=1S/C12H18ClN5O2S/c13-11-6-10(7-15-12(11)16-14)21(19,20)18-5-4-17-3-1-2-9(17)8-18/h6-7,9H,1-5,8,14H2,(H,15,16). The highest BCUT2D eigenvalue weighted by atomic mass is 35.5. The average Bonchev–Trinajstić information content (AvgIpc) is 2.94. The van der Waals surface area contributed by atoms with Crippen molar-refractivity contribution >= 4 is 27.4 Å². The summed E-state index contributed by atoms with van der Waals surface area (Å²) in [5.41, 5.74) is 2.33. The van der Waals surface area contributed by atoms with Crippen molar-refractivity contribution in [1.29, 1.82) is 0 Å². The maximum Gasteiger partial charge on any atom is 0.244 e. The van der Waals surface area contributed by atoms with Crippen molar-refractivity contribution in [2.24, 2.45) is 5.84 Å².